The Bertz CT molecular complexity index is 191. The van der Waals surface area contributed by atoms with Gasteiger partial charge in [-0.25, -0.2) is 0 Å². The second-order valence-electron chi connectivity index (χ2n) is 5.93. The Morgan fingerprint density at radius 1 is 0.417 bits per heavy atom. The Morgan fingerprint density at radius 2 is 0.417 bits per heavy atom. The summed E-state index contributed by atoms with van der Waals surface area (Å²) in [6.07, 6.45) is 0. The van der Waals surface area contributed by atoms with Crippen molar-refractivity contribution in [3.8, 4) is 0 Å². The van der Waals surface area contributed by atoms with E-state index in [0.717, 1.165) is 0 Å². The summed E-state index contributed by atoms with van der Waals surface area (Å²) in [4.78, 5) is 36.6. The van der Waals surface area contributed by atoms with Crippen LogP contribution in [0.25, 0.3) is 0 Å². The molecule has 0 rings (SSSR count). The van der Waals surface area contributed by atoms with Crippen molar-refractivity contribution in [1.29, 1.82) is 0 Å². The van der Waals surface area contributed by atoms with Gasteiger partial charge in [0.05, 0.1) is 0 Å². The number of rotatable bonds is 0. The van der Waals surface area contributed by atoms with Crippen LogP contribution in [0.2, 0.25) is 0 Å². The molecule has 0 fully saturated rings. The van der Waals surface area contributed by atoms with Crippen molar-refractivity contribution in [3.05, 3.63) is 0 Å². The van der Waals surface area contributed by atoms with E-state index >= 15 is 0 Å². The molecule has 0 atom stereocenters. The summed E-state index contributed by atoms with van der Waals surface area (Å²) in [5.41, 5.74) is 0. The fourth-order valence-corrected chi connectivity index (χ4v) is 0. The molecule has 12 heteroatoms. The highest BCUT2D eigenvalue weighted by molar-refractivity contribution is 6.22. The zero-order valence-corrected chi connectivity index (χ0v) is 19.4. The first kappa shape index (κ1) is 38.6. The lowest BCUT2D eigenvalue weighted by Gasteiger charge is -1.90. The summed E-state index contributed by atoms with van der Waals surface area (Å²) in [6, 6.07) is 0. The van der Waals surface area contributed by atoms with Crippen molar-refractivity contribution in [2.45, 2.75) is 0 Å². The Morgan fingerprint density at radius 3 is 0.417 bits per heavy atom. The van der Waals surface area contributed by atoms with E-state index in [-0.39, 0.29) is 0 Å². The molecule has 0 amide bonds. The Kier molecular flexibility index (Phi) is 54.0. The van der Waals surface area contributed by atoms with Gasteiger partial charge in [-0.15, -0.1) is 0 Å². The smallest absolute Gasteiger partial charge is 0.511 e. The minimum Gasteiger partial charge on any atom is -0.511 e. The van der Waals surface area contributed by atoms with Crippen molar-refractivity contribution >= 4 is 18.3 Å². The average molecular weight is 393 g/mol. The van der Waals surface area contributed by atoms with E-state index in [0.29, 0.717) is 0 Å². The maximum Gasteiger partial charge on any atom is 0.761 e. The largest absolute Gasteiger partial charge is 0.761 e. The van der Waals surface area contributed by atoms with Gasteiger partial charge in [-0.1, -0.05) is 0 Å². The van der Waals surface area contributed by atoms with E-state index in [1.54, 1.807) is 0 Å². The van der Waals surface area contributed by atoms with Gasteiger partial charge in [-0.05, 0) is 84.6 Å². The predicted octanol–water partition coefficient (Wildman–Crippen LogP) is -2.52. The highest BCUT2D eigenvalue weighted by Crippen LogP contribution is 1.48. The number of hydrogen-bond donors (Lipinski definition) is 4. The van der Waals surface area contributed by atoms with Crippen molar-refractivity contribution < 1.29 is 28.1 Å². The van der Waals surface area contributed by atoms with Gasteiger partial charge < -0.3 is 38.8 Å². The first-order chi connectivity index (χ1) is 10.4. The van der Waals surface area contributed by atoms with E-state index in [2.05, 4.69) is 0 Å². The van der Waals surface area contributed by atoms with Crippen LogP contribution < -0.4 is 0 Å². The van der Waals surface area contributed by atoms with Gasteiger partial charge in [0.25, 0.3) is 0 Å². The zero-order chi connectivity index (χ0) is 21.5. The zero-order valence-electron chi connectivity index (χ0n) is 17.4. The van der Waals surface area contributed by atoms with Crippen molar-refractivity contribution in [1.82, 2.24) is 19.6 Å². The van der Waals surface area contributed by atoms with E-state index in [1.165, 1.54) is 0 Å². The van der Waals surface area contributed by atoms with E-state index < -0.39 is 18.3 Å². The number of hydrogen-bond acceptors (Lipinski definition) is 6. The maximum absolute atomic E-state index is 8.74. The van der Waals surface area contributed by atoms with Crippen molar-refractivity contribution in [2.75, 3.05) is 84.6 Å². The molecule has 0 heterocycles. The van der Waals surface area contributed by atoms with Crippen LogP contribution in [0.15, 0.2) is 0 Å². The second kappa shape index (κ2) is 33.6. The molecule has 0 unspecified atom stereocenters. The molecule has 0 saturated carbocycles. The molecular weight excluding hydrogens is 352 g/mol. The van der Waals surface area contributed by atoms with Gasteiger partial charge in [-0.3, -0.25) is 8.92 Å². The molecule has 24 heavy (non-hydrogen) atoms. The molecule has 152 valence electrons. The molecule has 4 N–H and O–H groups in total. The fraction of sp³-hybridized carbons (Fsp3) is 1.00. The molecule has 0 aromatic rings. The molecule has 0 aliphatic carbocycles. The van der Waals surface area contributed by atoms with Crippen molar-refractivity contribution in [2.24, 2.45) is 0 Å². The third-order valence-electron chi connectivity index (χ3n) is 0. The monoisotopic (exact) mass is 392 g/mol. The number of nitrogens with zero attached hydrogens (tertiary/aromatic N) is 4. The lowest BCUT2D eigenvalue weighted by molar-refractivity contribution is 0.328. The summed E-state index contributed by atoms with van der Waals surface area (Å²) in [5, 5.41) is 0. The summed E-state index contributed by atoms with van der Waals surface area (Å²) in [6.45, 7) is 0. The molecule has 0 saturated heterocycles. The molecule has 10 nitrogen and oxygen atoms in total. The minimum absolute atomic E-state index is 2.00. The summed E-state index contributed by atoms with van der Waals surface area (Å²) >= 11 is 0. The Hall–Kier alpha value is -0.926. The van der Waals surface area contributed by atoms with Crippen LogP contribution in [0.5, 0.6) is 0 Å². The highest BCUT2D eigenvalue weighted by Gasteiger charge is 1.85. The van der Waals surface area contributed by atoms with Crippen LogP contribution in [-0.2, 0) is 8.92 Å². The molecule has 0 bridgehead atoms. The Balaban J connectivity index is -0.0000000405. The first-order valence-corrected chi connectivity index (χ1v) is 9.27. The van der Waals surface area contributed by atoms with Gasteiger partial charge in [0.15, 0.2) is 0 Å². The van der Waals surface area contributed by atoms with E-state index in [9.17, 15) is 0 Å². The Labute approximate surface area is 151 Å². The van der Waals surface area contributed by atoms with Gasteiger partial charge in [0.1, 0.15) is 0 Å². The van der Waals surface area contributed by atoms with E-state index in [4.69, 9.17) is 28.1 Å². The maximum atomic E-state index is 8.74. The SMILES string of the molecule is CN(C)C.CN(C)C.CN(C)C.CN(C)C.O=[Si](O)O.O=[Si](O)O. The van der Waals surface area contributed by atoms with Gasteiger partial charge >= 0.3 is 18.3 Å². The molecule has 0 spiro atoms. The molecular formula is C12H40N4O6Si2. The van der Waals surface area contributed by atoms with Gasteiger partial charge in [-0.2, -0.15) is 0 Å². The topological polar surface area (TPSA) is 128 Å². The lowest BCUT2D eigenvalue weighted by Crippen LogP contribution is -1.99. The van der Waals surface area contributed by atoms with Crippen LogP contribution >= 0.6 is 0 Å². The third kappa shape index (κ3) is 9900. The van der Waals surface area contributed by atoms with Gasteiger partial charge in [0, 0.05) is 0 Å². The minimum atomic E-state index is -3.13. The fourth-order valence-electron chi connectivity index (χ4n) is 0. The van der Waals surface area contributed by atoms with Crippen LogP contribution in [0.3, 0.4) is 0 Å². The third-order valence-corrected chi connectivity index (χ3v) is 0. The van der Waals surface area contributed by atoms with Crippen molar-refractivity contribution in [3.63, 3.8) is 0 Å². The average Bonchev–Trinajstić information content (AvgIpc) is 2.08. The summed E-state index contributed by atoms with van der Waals surface area (Å²) < 4.78 is 17.5. The normalized spacial score (nSPS) is 8.00. The van der Waals surface area contributed by atoms with Crippen LogP contribution in [-0.4, -0.2) is 142 Å². The molecule has 0 aliphatic heterocycles. The first-order valence-electron chi connectivity index (χ1n) is 6.67. The highest BCUT2D eigenvalue weighted by atomic mass is 28.3. The lowest BCUT2D eigenvalue weighted by atomic mass is 11.0. The molecule has 0 radical (unpaired) electrons. The predicted molar refractivity (Wildman–Crippen MR) is 100 cm³/mol. The molecule has 0 aromatic carbocycles. The van der Waals surface area contributed by atoms with Crippen LogP contribution in [0.4, 0.5) is 0 Å². The standard InChI is InChI=1S/4C3H9N.2H2O3Si/c6*1-4(2)3/h4*1-3H3;2*1-2H. The van der Waals surface area contributed by atoms with Gasteiger partial charge in [0.2, 0.25) is 0 Å². The molecule has 0 aliphatic rings. The summed E-state index contributed by atoms with van der Waals surface area (Å²) in [7, 11) is 17.7. The van der Waals surface area contributed by atoms with E-state index in [1.807, 2.05) is 104 Å². The second-order valence-corrected chi connectivity index (χ2v) is 7.06. The summed E-state index contributed by atoms with van der Waals surface area (Å²) in [5.74, 6) is 0. The van der Waals surface area contributed by atoms with Crippen LogP contribution in [0, 0.1) is 0 Å². The molecule has 0 aromatic heterocycles. The van der Waals surface area contributed by atoms with Crippen LogP contribution in [0.1, 0.15) is 0 Å². The quantitative estimate of drug-likeness (QED) is 0.328.